The molecule has 106 valence electrons. The van der Waals surface area contributed by atoms with E-state index in [-0.39, 0.29) is 5.41 Å². The van der Waals surface area contributed by atoms with Crippen molar-refractivity contribution in [3.63, 3.8) is 0 Å². The molecule has 1 heterocycles. The molecule has 3 rings (SSSR count). The second kappa shape index (κ2) is 5.82. The monoisotopic (exact) mass is 293 g/mol. The van der Waals surface area contributed by atoms with Crippen molar-refractivity contribution in [2.75, 3.05) is 0 Å². The summed E-state index contributed by atoms with van der Waals surface area (Å²) in [5, 5.41) is 1.16. The number of nitrogens with zero attached hydrogens (tertiary/aromatic N) is 1. The molecule has 0 aliphatic rings. The van der Waals surface area contributed by atoms with E-state index in [2.05, 4.69) is 62.0 Å². The van der Waals surface area contributed by atoms with Gasteiger partial charge in [0.1, 0.15) is 5.01 Å². The zero-order valence-electron chi connectivity index (χ0n) is 12.3. The van der Waals surface area contributed by atoms with Crippen LogP contribution in [0.4, 0.5) is 0 Å². The summed E-state index contributed by atoms with van der Waals surface area (Å²) in [7, 11) is 0. The lowest BCUT2D eigenvalue weighted by molar-refractivity contribution is 0.538. The summed E-state index contributed by atoms with van der Waals surface area (Å²) in [6, 6.07) is 18.9. The molecule has 0 unspecified atom stereocenters. The highest BCUT2D eigenvalue weighted by atomic mass is 32.1. The second-order valence-corrected chi connectivity index (χ2v) is 6.62. The fourth-order valence-corrected chi connectivity index (χ4v) is 3.60. The van der Waals surface area contributed by atoms with E-state index in [1.54, 1.807) is 11.3 Å². The number of fused-ring (bicyclic) bond motifs is 1. The number of hydrogen-bond donors (Lipinski definition) is 0. The Bertz CT molecular complexity index is 711. The molecule has 0 fully saturated rings. The van der Waals surface area contributed by atoms with Crippen LogP contribution in [0.1, 0.15) is 23.9 Å². The van der Waals surface area contributed by atoms with E-state index in [1.807, 2.05) is 12.1 Å². The molecular formula is C19H19NS. The predicted molar refractivity (Wildman–Crippen MR) is 91.9 cm³/mol. The predicted octanol–water partition coefficient (Wildman–Crippen LogP) is 5.37. The Morgan fingerprint density at radius 1 is 1.10 bits per heavy atom. The van der Waals surface area contributed by atoms with Gasteiger partial charge in [0, 0.05) is 5.41 Å². The van der Waals surface area contributed by atoms with Gasteiger partial charge in [0.05, 0.1) is 10.2 Å². The van der Waals surface area contributed by atoms with E-state index in [4.69, 9.17) is 4.98 Å². The summed E-state index contributed by atoms with van der Waals surface area (Å²) in [6.07, 6.45) is 4.12. The Balaban J connectivity index is 1.86. The molecule has 0 bridgehead atoms. The van der Waals surface area contributed by atoms with Gasteiger partial charge in [-0.15, -0.1) is 17.9 Å². The summed E-state index contributed by atoms with van der Waals surface area (Å²) in [5.74, 6) is 0. The maximum atomic E-state index is 4.82. The molecule has 1 nitrogen and oxygen atoms in total. The minimum Gasteiger partial charge on any atom is -0.240 e. The van der Waals surface area contributed by atoms with E-state index in [1.165, 1.54) is 10.3 Å². The molecule has 21 heavy (non-hydrogen) atoms. The Morgan fingerprint density at radius 3 is 2.52 bits per heavy atom. The van der Waals surface area contributed by atoms with Crippen molar-refractivity contribution in [1.82, 2.24) is 4.98 Å². The van der Waals surface area contributed by atoms with Crippen molar-refractivity contribution in [1.29, 1.82) is 0 Å². The van der Waals surface area contributed by atoms with Crippen molar-refractivity contribution in [2.24, 2.45) is 0 Å². The standard InChI is InChI=1S/C19H19NS/c1-3-19(2,14-13-15-9-5-4-6-10-15)18-20-16-11-7-8-12-17(16)21-18/h3-12H,1,13-14H2,2H3/t19-/m1/s1. The number of hydrogen-bond acceptors (Lipinski definition) is 2. The number of benzene rings is 2. The van der Waals surface area contributed by atoms with Gasteiger partial charge >= 0.3 is 0 Å². The Labute approximate surface area is 130 Å². The fourth-order valence-electron chi connectivity index (χ4n) is 2.46. The van der Waals surface area contributed by atoms with Gasteiger partial charge in [0.2, 0.25) is 0 Å². The van der Waals surface area contributed by atoms with Crippen molar-refractivity contribution in [3.8, 4) is 0 Å². The largest absolute Gasteiger partial charge is 0.240 e. The van der Waals surface area contributed by atoms with Crippen LogP contribution >= 0.6 is 11.3 Å². The Hall–Kier alpha value is -1.93. The van der Waals surface area contributed by atoms with Crippen LogP contribution in [0.3, 0.4) is 0 Å². The van der Waals surface area contributed by atoms with E-state index in [9.17, 15) is 0 Å². The number of para-hydroxylation sites is 1. The van der Waals surface area contributed by atoms with Gasteiger partial charge in [-0.3, -0.25) is 0 Å². The maximum Gasteiger partial charge on any atom is 0.103 e. The van der Waals surface area contributed by atoms with Crippen LogP contribution in [0, 0.1) is 0 Å². The highest BCUT2D eigenvalue weighted by Crippen LogP contribution is 2.35. The average Bonchev–Trinajstić information content (AvgIpc) is 2.98. The van der Waals surface area contributed by atoms with E-state index in [0.29, 0.717) is 0 Å². The molecule has 3 aromatic rings. The lowest BCUT2D eigenvalue weighted by atomic mass is 9.85. The van der Waals surface area contributed by atoms with E-state index < -0.39 is 0 Å². The zero-order valence-corrected chi connectivity index (χ0v) is 13.1. The summed E-state index contributed by atoms with van der Waals surface area (Å²) >= 11 is 1.78. The van der Waals surface area contributed by atoms with Gasteiger partial charge < -0.3 is 0 Å². The lowest BCUT2D eigenvalue weighted by Gasteiger charge is -2.23. The average molecular weight is 293 g/mol. The molecule has 0 saturated heterocycles. The molecule has 1 atom stereocenters. The van der Waals surface area contributed by atoms with Gasteiger partial charge in [-0.1, -0.05) is 48.5 Å². The van der Waals surface area contributed by atoms with Crippen LogP contribution in [0.2, 0.25) is 0 Å². The van der Waals surface area contributed by atoms with Gasteiger partial charge in [-0.05, 0) is 37.5 Å². The molecule has 0 radical (unpaired) electrons. The molecule has 0 N–H and O–H groups in total. The lowest BCUT2D eigenvalue weighted by Crippen LogP contribution is -2.19. The molecular weight excluding hydrogens is 274 g/mol. The third-order valence-corrected chi connectivity index (χ3v) is 5.32. The molecule has 1 aromatic heterocycles. The van der Waals surface area contributed by atoms with Gasteiger partial charge in [0.15, 0.2) is 0 Å². The maximum absolute atomic E-state index is 4.82. The fraction of sp³-hybridized carbons (Fsp3) is 0.211. The molecule has 0 spiro atoms. The van der Waals surface area contributed by atoms with Crippen molar-refractivity contribution in [2.45, 2.75) is 25.2 Å². The quantitative estimate of drug-likeness (QED) is 0.576. The van der Waals surface area contributed by atoms with Crippen LogP contribution in [-0.2, 0) is 11.8 Å². The van der Waals surface area contributed by atoms with Crippen molar-refractivity contribution < 1.29 is 0 Å². The zero-order chi connectivity index (χ0) is 14.7. The summed E-state index contributed by atoms with van der Waals surface area (Å²) < 4.78 is 1.25. The third-order valence-electron chi connectivity index (χ3n) is 4.01. The van der Waals surface area contributed by atoms with Gasteiger partial charge in [0.25, 0.3) is 0 Å². The second-order valence-electron chi connectivity index (χ2n) is 5.59. The summed E-state index contributed by atoms with van der Waals surface area (Å²) in [4.78, 5) is 4.82. The topological polar surface area (TPSA) is 12.9 Å². The van der Waals surface area contributed by atoms with E-state index in [0.717, 1.165) is 23.4 Å². The van der Waals surface area contributed by atoms with Crippen molar-refractivity contribution >= 4 is 21.6 Å². The number of aryl methyl sites for hydroxylation is 1. The van der Waals surface area contributed by atoms with E-state index >= 15 is 0 Å². The highest BCUT2D eigenvalue weighted by Gasteiger charge is 2.26. The summed E-state index contributed by atoms with van der Waals surface area (Å²) in [5.41, 5.74) is 2.39. The highest BCUT2D eigenvalue weighted by molar-refractivity contribution is 7.18. The Morgan fingerprint density at radius 2 is 1.81 bits per heavy atom. The molecule has 2 aromatic carbocycles. The Kier molecular flexibility index (Phi) is 3.89. The number of thiazole rings is 1. The minimum absolute atomic E-state index is 0.0699. The van der Waals surface area contributed by atoms with Crippen LogP contribution in [0.15, 0.2) is 67.3 Å². The third kappa shape index (κ3) is 2.91. The van der Waals surface area contributed by atoms with Crippen LogP contribution in [0.25, 0.3) is 10.2 Å². The molecule has 0 saturated carbocycles. The first-order chi connectivity index (χ1) is 10.2. The molecule has 0 aliphatic carbocycles. The van der Waals surface area contributed by atoms with Crippen molar-refractivity contribution in [3.05, 3.63) is 77.8 Å². The first kappa shape index (κ1) is 14.0. The number of aromatic nitrogens is 1. The van der Waals surface area contributed by atoms with Crippen LogP contribution < -0.4 is 0 Å². The van der Waals surface area contributed by atoms with Gasteiger partial charge in [-0.25, -0.2) is 4.98 Å². The normalized spacial score (nSPS) is 14.0. The number of allylic oxidation sites excluding steroid dienone is 1. The molecule has 0 amide bonds. The summed E-state index contributed by atoms with van der Waals surface area (Å²) in [6.45, 7) is 6.30. The number of rotatable bonds is 5. The molecule has 2 heteroatoms. The first-order valence-corrected chi connectivity index (χ1v) is 8.06. The first-order valence-electron chi connectivity index (χ1n) is 7.25. The smallest absolute Gasteiger partial charge is 0.103 e. The SMILES string of the molecule is C=C[C@](C)(CCc1ccccc1)c1nc2ccccc2s1. The molecule has 0 aliphatic heterocycles. The van der Waals surface area contributed by atoms with Gasteiger partial charge in [-0.2, -0.15) is 0 Å². The van der Waals surface area contributed by atoms with Crippen LogP contribution in [0.5, 0.6) is 0 Å². The van der Waals surface area contributed by atoms with Crippen LogP contribution in [-0.4, -0.2) is 4.98 Å². The minimum atomic E-state index is -0.0699.